The molecule has 28 heavy (non-hydrogen) atoms. The first kappa shape index (κ1) is 16.2. The van der Waals surface area contributed by atoms with E-state index in [0.29, 0.717) is 22.9 Å². The third kappa shape index (κ3) is 2.81. The summed E-state index contributed by atoms with van der Waals surface area (Å²) in [6.45, 7) is 2.17. The van der Waals surface area contributed by atoms with Gasteiger partial charge in [-0.05, 0) is 42.8 Å². The van der Waals surface area contributed by atoms with Crippen LogP contribution < -0.4 is 14.9 Å². The highest BCUT2D eigenvalue weighted by Crippen LogP contribution is 2.35. The molecule has 0 unspecified atom stereocenters. The molecule has 138 valence electrons. The number of hydrogen-bond donors (Lipinski definition) is 0. The van der Waals surface area contributed by atoms with Gasteiger partial charge >= 0.3 is 0 Å². The number of rotatable bonds is 3. The van der Waals surface area contributed by atoms with Gasteiger partial charge in [0.2, 0.25) is 18.0 Å². The Morgan fingerprint density at radius 3 is 2.82 bits per heavy atom. The zero-order valence-electron chi connectivity index (χ0n) is 14.8. The molecule has 0 bridgehead atoms. The first-order valence-corrected chi connectivity index (χ1v) is 8.58. The molecule has 3 heterocycles. The van der Waals surface area contributed by atoms with E-state index < -0.39 is 0 Å². The number of aryl methyl sites for hydroxylation is 1. The molecule has 1 aliphatic rings. The van der Waals surface area contributed by atoms with Crippen molar-refractivity contribution in [2.45, 2.75) is 6.92 Å². The molecule has 0 amide bonds. The van der Waals surface area contributed by atoms with Gasteiger partial charge < -0.3 is 14.0 Å². The molecule has 0 saturated carbocycles. The molecule has 0 saturated heterocycles. The van der Waals surface area contributed by atoms with Crippen LogP contribution in [0.2, 0.25) is 0 Å². The minimum Gasteiger partial charge on any atom is -0.454 e. The van der Waals surface area contributed by atoms with E-state index in [4.69, 9.17) is 14.0 Å². The van der Waals surface area contributed by atoms with E-state index in [1.54, 1.807) is 29.1 Å². The SMILES string of the molecule is Cc1cccc(-n2ccc(=O)c(-c3nc(-c4ccc5c(c4)OCO5)no3)n2)c1. The highest BCUT2D eigenvalue weighted by molar-refractivity contribution is 5.63. The first-order valence-electron chi connectivity index (χ1n) is 8.58. The van der Waals surface area contributed by atoms with Gasteiger partial charge in [0, 0.05) is 17.8 Å². The van der Waals surface area contributed by atoms with Gasteiger partial charge in [0.1, 0.15) is 0 Å². The monoisotopic (exact) mass is 374 g/mol. The molecule has 2 aromatic heterocycles. The van der Waals surface area contributed by atoms with Crippen LogP contribution in [0, 0.1) is 6.92 Å². The standard InChI is InChI=1S/C20H14N4O4/c1-12-3-2-4-14(9-12)24-8-7-15(25)18(22-24)20-21-19(23-28-20)13-5-6-16-17(10-13)27-11-26-16/h2-10H,11H2,1H3. The average molecular weight is 374 g/mol. The largest absolute Gasteiger partial charge is 0.454 e. The Labute approximate surface area is 159 Å². The third-order valence-electron chi connectivity index (χ3n) is 4.33. The van der Waals surface area contributed by atoms with Crippen molar-refractivity contribution < 1.29 is 14.0 Å². The lowest BCUT2D eigenvalue weighted by atomic mass is 10.2. The lowest BCUT2D eigenvalue weighted by Crippen LogP contribution is -2.12. The van der Waals surface area contributed by atoms with Gasteiger partial charge in [0.25, 0.3) is 5.89 Å². The lowest BCUT2D eigenvalue weighted by Gasteiger charge is -2.06. The quantitative estimate of drug-likeness (QED) is 0.544. The van der Waals surface area contributed by atoms with Crippen molar-refractivity contribution in [3.63, 3.8) is 0 Å². The van der Waals surface area contributed by atoms with Crippen LogP contribution in [0.1, 0.15) is 5.56 Å². The number of nitrogens with zero attached hydrogens (tertiary/aromatic N) is 4. The Morgan fingerprint density at radius 1 is 1.04 bits per heavy atom. The second-order valence-electron chi connectivity index (χ2n) is 6.30. The topological polar surface area (TPSA) is 92.3 Å². The Balaban J connectivity index is 1.54. The smallest absolute Gasteiger partial charge is 0.282 e. The number of hydrogen-bond acceptors (Lipinski definition) is 7. The molecule has 0 spiro atoms. The fraction of sp³-hybridized carbons (Fsp3) is 0.100. The van der Waals surface area contributed by atoms with Crippen LogP contribution in [0.4, 0.5) is 0 Å². The molecular formula is C20H14N4O4. The summed E-state index contributed by atoms with van der Waals surface area (Å²) >= 11 is 0. The highest BCUT2D eigenvalue weighted by atomic mass is 16.7. The van der Waals surface area contributed by atoms with E-state index in [2.05, 4.69) is 15.2 Å². The fourth-order valence-corrected chi connectivity index (χ4v) is 2.94. The summed E-state index contributed by atoms with van der Waals surface area (Å²) < 4.78 is 17.6. The van der Waals surface area contributed by atoms with Gasteiger partial charge in [-0.2, -0.15) is 10.1 Å². The Morgan fingerprint density at radius 2 is 1.93 bits per heavy atom. The van der Waals surface area contributed by atoms with Crippen molar-refractivity contribution >= 4 is 0 Å². The minimum absolute atomic E-state index is 0.0552. The summed E-state index contributed by atoms with van der Waals surface area (Å²) in [5.41, 5.74) is 2.39. The van der Waals surface area contributed by atoms with Crippen LogP contribution in [0.25, 0.3) is 28.7 Å². The summed E-state index contributed by atoms with van der Waals surface area (Å²) in [6, 6.07) is 14.5. The Bertz CT molecular complexity index is 1240. The molecule has 4 aromatic rings. The highest BCUT2D eigenvalue weighted by Gasteiger charge is 2.19. The van der Waals surface area contributed by atoms with Crippen LogP contribution in [-0.2, 0) is 0 Å². The van der Waals surface area contributed by atoms with Crippen molar-refractivity contribution in [1.82, 2.24) is 19.9 Å². The number of aromatic nitrogens is 4. The van der Waals surface area contributed by atoms with E-state index in [-0.39, 0.29) is 23.8 Å². The molecule has 8 heteroatoms. The predicted octanol–water partition coefficient (Wildman–Crippen LogP) is 2.99. The zero-order valence-corrected chi connectivity index (χ0v) is 14.8. The Kier molecular flexibility index (Phi) is 3.68. The molecule has 0 aliphatic carbocycles. The number of fused-ring (bicyclic) bond motifs is 1. The zero-order chi connectivity index (χ0) is 19.1. The maximum atomic E-state index is 12.3. The number of ether oxygens (including phenoxy) is 2. The van der Waals surface area contributed by atoms with Crippen molar-refractivity contribution in [3.8, 4) is 40.2 Å². The van der Waals surface area contributed by atoms with E-state index >= 15 is 0 Å². The van der Waals surface area contributed by atoms with Gasteiger partial charge in [-0.25, -0.2) is 4.68 Å². The van der Waals surface area contributed by atoms with Gasteiger partial charge in [-0.15, -0.1) is 0 Å². The molecule has 8 nitrogen and oxygen atoms in total. The van der Waals surface area contributed by atoms with Crippen LogP contribution in [0.3, 0.4) is 0 Å². The van der Waals surface area contributed by atoms with E-state index in [1.165, 1.54) is 6.07 Å². The van der Waals surface area contributed by atoms with Gasteiger partial charge in [0.15, 0.2) is 17.2 Å². The second kappa shape index (κ2) is 6.34. The number of benzene rings is 2. The van der Waals surface area contributed by atoms with Gasteiger partial charge in [-0.3, -0.25) is 4.79 Å². The van der Waals surface area contributed by atoms with Crippen LogP contribution in [0.5, 0.6) is 11.5 Å². The predicted molar refractivity (Wildman–Crippen MR) is 99.4 cm³/mol. The van der Waals surface area contributed by atoms with Gasteiger partial charge in [-0.1, -0.05) is 17.3 Å². The molecule has 1 aliphatic heterocycles. The van der Waals surface area contributed by atoms with Crippen molar-refractivity contribution in [2.24, 2.45) is 0 Å². The average Bonchev–Trinajstić information content (AvgIpc) is 3.37. The normalized spacial score (nSPS) is 12.3. The van der Waals surface area contributed by atoms with Crippen molar-refractivity contribution in [2.75, 3.05) is 6.79 Å². The molecule has 0 atom stereocenters. The summed E-state index contributed by atoms with van der Waals surface area (Å²) in [7, 11) is 0. The first-order chi connectivity index (χ1) is 13.7. The second-order valence-corrected chi connectivity index (χ2v) is 6.30. The molecule has 5 rings (SSSR count). The maximum absolute atomic E-state index is 12.3. The summed E-state index contributed by atoms with van der Waals surface area (Å²) in [6.07, 6.45) is 1.61. The molecule has 0 fully saturated rings. The fourth-order valence-electron chi connectivity index (χ4n) is 2.94. The minimum atomic E-state index is -0.301. The van der Waals surface area contributed by atoms with E-state index in [0.717, 1.165) is 11.3 Å². The Hall–Kier alpha value is -3.94. The van der Waals surface area contributed by atoms with Crippen molar-refractivity contribution in [1.29, 1.82) is 0 Å². The molecular weight excluding hydrogens is 360 g/mol. The van der Waals surface area contributed by atoms with Crippen LogP contribution >= 0.6 is 0 Å². The van der Waals surface area contributed by atoms with Gasteiger partial charge in [0.05, 0.1) is 5.69 Å². The summed E-state index contributed by atoms with van der Waals surface area (Å²) in [5.74, 6) is 1.67. The maximum Gasteiger partial charge on any atom is 0.282 e. The van der Waals surface area contributed by atoms with Crippen LogP contribution in [0.15, 0.2) is 64.0 Å². The molecule has 0 N–H and O–H groups in total. The van der Waals surface area contributed by atoms with E-state index in [1.807, 2.05) is 31.2 Å². The van der Waals surface area contributed by atoms with E-state index in [9.17, 15) is 4.79 Å². The third-order valence-corrected chi connectivity index (χ3v) is 4.33. The molecule has 2 aromatic carbocycles. The lowest BCUT2D eigenvalue weighted by molar-refractivity contribution is 0.174. The summed E-state index contributed by atoms with van der Waals surface area (Å²) in [4.78, 5) is 16.7. The van der Waals surface area contributed by atoms with Crippen molar-refractivity contribution in [3.05, 3.63) is 70.5 Å². The molecule has 0 radical (unpaired) electrons. The summed E-state index contributed by atoms with van der Waals surface area (Å²) in [5, 5.41) is 8.36. The van der Waals surface area contributed by atoms with Crippen LogP contribution in [-0.4, -0.2) is 26.7 Å².